The minimum Gasteiger partial charge on any atom is -0.506 e. The average Bonchev–Trinajstić information content (AvgIpc) is 1.73. The van der Waals surface area contributed by atoms with Crippen LogP contribution in [0.5, 0.6) is 23.0 Å². The summed E-state index contributed by atoms with van der Waals surface area (Å²) in [6.45, 7) is 7.34. The largest absolute Gasteiger partial charge is 0.506 e. The predicted molar refractivity (Wildman–Crippen MR) is 461 cm³/mol. The van der Waals surface area contributed by atoms with Crippen LogP contribution in [-0.4, -0.2) is 208 Å². The number of hydrogen-bond donors (Lipinski definition) is 7. The Kier molecular flexibility index (Phi) is 25.2. The smallest absolute Gasteiger partial charge is 0.321 e. The number of carbonyl (C=O) groups is 2. The lowest BCUT2D eigenvalue weighted by atomic mass is 9.73. The molecule has 0 aromatic heterocycles. The van der Waals surface area contributed by atoms with E-state index in [0.717, 1.165) is 184 Å². The normalized spacial score (nSPS) is 22.1. The van der Waals surface area contributed by atoms with E-state index in [2.05, 4.69) is 74.7 Å². The maximum Gasteiger partial charge on any atom is 0.321 e. The van der Waals surface area contributed by atoms with E-state index >= 15 is 0 Å². The van der Waals surface area contributed by atoms with Crippen molar-refractivity contribution in [2.75, 3.05) is 116 Å². The van der Waals surface area contributed by atoms with Crippen molar-refractivity contribution in [1.82, 2.24) is 33.7 Å². The van der Waals surface area contributed by atoms with E-state index in [4.69, 9.17) is 46.4 Å². The number of carbonyl (C=O) groups excluding carboxylic acids is 2. The number of aryl methyl sites for hydroxylation is 2. The van der Waals surface area contributed by atoms with E-state index in [1.807, 2.05) is 121 Å². The fourth-order valence-corrected chi connectivity index (χ4v) is 22.1. The van der Waals surface area contributed by atoms with Crippen molar-refractivity contribution >= 4 is 95.6 Å². The molecule has 612 valence electrons. The van der Waals surface area contributed by atoms with E-state index in [1.165, 1.54) is 64.2 Å². The molecule has 17 rings (SSSR count). The van der Waals surface area contributed by atoms with Gasteiger partial charge >= 0.3 is 16.2 Å². The van der Waals surface area contributed by atoms with Gasteiger partial charge in [-0.2, -0.15) is 12.7 Å². The fraction of sp³-hybridized carbons (Fsp3) is 0.438. The Morgan fingerprint density at radius 3 is 1.20 bits per heavy atom. The summed E-state index contributed by atoms with van der Waals surface area (Å²) >= 11 is 24.8. The summed E-state index contributed by atoms with van der Waals surface area (Å²) in [7, 11) is 8.39. The highest BCUT2D eigenvalue weighted by molar-refractivity contribution is 7.92. The van der Waals surface area contributed by atoms with Crippen LogP contribution in [0.15, 0.2) is 121 Å². The molecule has 5 aliphatic heterocycles. The fourth-order valence-electron chi connectivity index (χ4n) is 19.6. The zero-order valence-corrected chi connectivity index (χ0v) is 71.6. The second-order valence-electron chi connectivity index (χ2n) is 33.0. The van der Waals surface area contributed by atoms with E-state index in [-0.39, 0.29) is 64.4 Å². The Morgan fingerprint density at radius 1 is 0.435 bits per heavy atom. The van der Waals surface area contributed by atoms with Crippen molar-refractivity contribution in [1.29, 1.82) is 0 Å². The molecule has 3 amide bonds. The third kappa shape index (κ3) is 17.4. The molecule has 1 fully saturated rings. The Hall–Kier alpha value is -7.84. The zero-order chi connectivity index (χ0) is 81.8. The van der Waals surface area contributed by atoms with Gasteiger partial charge in [-0.1, -0.05) is 89.7 Å². The molecule has 1 saturated heterocycles. The summed E-state index contributed by atoms with van der Waals surface area (Å²) in [6.07, 6.45) is 13.9. The number of nitrogens with zero attached hydrogens (tertiary/aromatic N) is 7. The van der Waals surface area contributed by atoms with Crippen LogP contribution in [0.25, 0.3) is 0 Å². The summed E-state index contributed by atoms with van der Waals surface area (Å²) < 4.78 is 55.2. The summed E-state index contributed by atoms with van der Waals surface area (Å²) in [6, 6.07) is 40.3. The van der Waals surface area contributed by atoms with Crippen molar-refractivity contribution in [3.8, 4) is 23.0 Å². The molecule has 7 N–H and O–H groups in total. The molecule has 8 atom stereocenters. The van der Waals surface area contributed by atoms with Gasteiger partial charge in [-0.15, -0.1) is 0 Å². The lowest BCUT2D eigenvalue weighted by Gasteiger charge is -2.39. The first-order chi connectivity index (χ1) is 54.9. The molecule has 4 aliphatic carbocycles. The average molecular weight is 1680 g/mol. The van der Waals surface area contributed by atoms with Gasteiger partial charge in [0.05, 0.1) is 31.5 Å². The molecule has 5 heterocycles. The number of benzene rings is 8. The number of hydrogen-bond acceptors (Lipinski definition) is 14. The first-order valence-electron chi connectivity index (χ1n) is 40.2. The Bertz CT molecular complexity index is 5280. The number of sulfonamides is 1. The zero-order valence-electron chi connectivity index (χ0n) is 66.9. The SMILES string of the molecule is CCCS(=O)(=O)Nc1ccc2c(c1)CC[C@H]1[C@H]2c2cc(O)c(Cl)cc2CCN1C.CN(C)C(=O)c1cccc2c1CC[C@H]1[C@H]2c2cc(O)c(Cl)cc2CCN1C.CN1CCc2cc(Cl)c(O)cc2[C@H]2c3ccc(NS(=O)(=O)N(C)C)cc3CC[C@@H]21.CN1CCc2cc(Cl)c(O)cc2[C@H]2c3cccc(NC(=O)N4CCCC4)c3CC[C@@H]21. The third-order valence-corrected chi connectivity index (χ3v) is 29.7. The van der Waals surface area contributed by atoms with Gasteiger partial charge in [-0.3, -0.25) is 14.2 Å². The first kappa shape index (κ1) is 83.6. The van der Waals surface area contributed by atoms with E-state index < -0.39 is 20.2 Å². The van der Waals surface area contributed by atoms with Crippen molar-refractivity contribution in [3.05, 3.63) is 236 Å². The van der Waals surface area contributed by atoms with Gasteiger partial charge in [-0.25, -0.2) is 13.2 Å². The summed E-state index contributed by atoms with van der Waals surface area (Å²) in [4.78, 5) is 38.6. The molecular weight excluding hydrogens is 1570 g/mol. The summed E-state index contributed by atoms with van der Waals surface area (Å²) in [5, 5.41) is 46.0. The maximum absolute atomic E-state index is 12.7. The van der Waals surface area contributed by atoms with Gasteiger partial charge in [0.1, 0.15) is 23.0 Å². The Balaban J connectivity index is 0.000000127. The van der Waals surface area contributed by atoms with Crippen LogP contribution in [0, 0.1) is 0 Å². The van der Waals surface area contributed by atoms with Crippen molar-refractivity contribution in [3.63, 3.8) is 0 Å². The van der Waals surface area contributed by atoms with Crippen molar-refractivity contribution < 1.29 is 46.9 Å². The first-order valence-corrected chi connectivity index (χ1v) is 44.8. The van der Waals surface area contributed by atoms with Gasteiger partial charge < -0.3 is 55.1 Å². The number of phenols is 4. The van der Waals surface area contributed by atoms with E-state index in [1.54, 1.807) is 19.0 Å². The number of halogens is 4. The number of likely N-dealkylation sites (N-methyl/N-ethyl adjacent to an activating group) is 4. The van der Waals surface area contributed by atoms with E-state index in [9.17, 15) is 46.9 Å². The molecule has 8 aromatic carbocycles. The van der Waals surface area contributed by atoms with Gasteiger partial charge in [0.25, 0.3) is 5.91 Å². The van der Waals surface area contributed by atoms with Gasteiger partial charge in [0, 0.05) is 132 Å². The molecule has 115 heavy (non-hydrogen) atoms. The topological polar surface area (TPSA) is 242 Å². The van der Waals surface area contributed by atoms with E-state index in [0.29, 0.717) is 62.1 Å². The van der Waals surface area contributed by atoms with Crippen molar-refractivity contribution in [2.45, 2.75) is 151 Å². The molecule has 0 saturated carbocycles. The number of anilines is 3. The van der Waals surface area contributed by atoms with Crippen LogP contribution in [-0.2, 0) is 71.6 Å². The number of phenolic OH excluding ortho intramolecular Hbond substituents is 4. The van der Waals surface area contributed by atoms with Gasteiger partial charge in [0.2, 0.25) is 10.0 Å². The highest BCUT2D eigenvalue weighted by Crippen LogP contribution is 2.51. The number of rotatable bonds is 9. The van der Waals surface area contributed by atoms with Gasteiger partial charge in [0.15, 0.2) is 0 Å². The lowest BCUT2D eigenvalue weighted by molar-refractivity contribution is 0.0825. The molecule has 0 radical (unpaired) electrons. The molecule has 8 aromatic rings. The number of nitrogens with one attached hydrogen (secondary N) is 3. The molecule has 20 nitrogen and oxygen atoms in total. The Morgan fingerprint density at radius 2 is 0.800 bits per heavy atom. The van der Waals surface area contributed by atoms with Crippen LogP contribution in [0.1, 0.15) is 175 Å². The van der Waals surface area contributed by atoms with Crippen LogP contribution in [0.3, 0.4) is 0 Å². The van der Waals surface area contributed by atoms with Crippen LogP contribution >= 0.6 is 46.4 Å². The van der Waals surface area contributed by atoms with Crippen molar-refractivity contribution in [2.24, 2.45) is 0 Å². The highest BCUT2D eigenvalue weighted by Gasteiger charge is 2.43. The maximum atomic E-state index is 12.7. The van der Waals surface area contributed by atoms with Crippen LogP contribution in [0.2, 0.25) is 20.1 Å². The molecule has 0 bridgehead atoms. The number of likely N-dealkylation sites (tertiary alicyclic amines) is 1. The monoisotopic (exact) mass is 1680 g/mol. The second-order valence-corrected chi connectivity index (χ2v) is 38.3. The minimum atomic E-state index is -3.55. The number of amides is 3. The third-order valence-electron chi connectivity index (χ3n) is 25.5. The molecule has 26 heteroatoms. The summed E-state index contributed by atoms with van der Waals surface area (Å²) in [5.74, 6) is 1.20. The number of aromatic hydroxyl groups is 4. The Labute approximate surface area is 697 Å². The number of fused-ring (bicyclic) bond motifs is 20. The van der Waals surface area contributed by atoms with Gasteiger partial charge in [-0.05, 0) is 298 Å². The second kappa shape index (κ2) is 34.6. The summed E-state index contributed by atoms with van der Waals surface area (Å²) in [5.41, 5.74) is 21.7. The molecular formula is C89H106Cl4N10O10S2. The predicted octanol–water partition coefficient (Wildman–Crippen LogP) is 15.6. The molecule has 0 spiro atoms. The molecule has 0 unspecified atom stereocenters. The standard InChI is InChI=1S/C24H28ClN3O2.C22H27ClN2O3S.C22H25ClN2O2.C21H26ClN3O3S/c1-27-12-9-15-13-19(25)22(29)14-18(15)23-17-5-4-6-20(16(17)7-8-21(23)27)26-24(30)28-10-2-3-11-28;1-3-10-29(27,28)24-16-5-6-17-14(11-16)4-7-20-22(17)18-13-21(26)19(23)12-15(18)8-9-25(20)2;1-24(2)22(27)16-6-4-5-15-14(16)7-8-19-21(15)17-12-20(26)18(23)11-13(17)9-10-25(19)3;1-24(2)29(27,28)23-15-5-6-16-13(10-15)4-7-19-21(16)17-12-20(26)18(22)11-14(17)8-9-25(19)3/h4-6,13-14,21,23,29H,2-3,7-12H2,1H3,(H,26,30);5-6,11-13,20,22,24,26H,3-4,7-10H2,1-2H3;4-6,11-12,19,21,26H,7-10H2,1-3H3;5-6,10-12,19,21,23,26H,4,7-9H2,1-3H3/t21-,23+;20-,22+;2*19-,21+/m0000/s1. The van der Waals surface area contributed by atoms with Crippen LogP contribution in [0.4, 0.5) is 21.9 Å². The minimum absolute atomic E-state index is 0.00540. The lowest BCUT2D eigenvalue weighted by Crippen LogP contribution is -2.40. The quantitative estimate of drug-likeness (QED) is 0.0711. The molecule has 9 aliphatic rings. The highest BCUT2D eigenvalue weighted by atomic mass is 35.5. The van der Waals surface area contributed by atoms with Crippen LogP contribution < -0.4 is 14.8 Å². The number of urea groups is 1.